The maximum absolute atomic E-state index is 12.7. The van der Waals surface area contributed by atoms with Crippen LogP contribution in [0.4, 0.5) is 0 Å². The summed E-state index contributed by atoms with van der Waals surface area (Å²) in [4.78, 5) is 38.5. The first-order valence-electron chi connectivity index (χ1n) is 14.5. The number of aliphatic hydroxyl groups is 2. The molecule has 0 aromatic heterocycles. The molecule has 6 rings (SSSR count). The fourth-order valence-corrected chi connectivity index (χ4v) is 5.94. The van der Waals surface area contributed by atoms with E-state index in [1.54, 1.807) is 0 Å². The number of likely N-dealkylation sites (tertiary alicyclic amines) is 1. The summed E-state index contributed by atoms with van der Waals surface area (Å²) < 4.78 is 17.5. The maximum atomic E-state index is 12.7. The van der Waals surface area contributed by atoms with E-state index in [0.29, 0.717) is 13.0 Å². The Balaban J connectivity index is 1.13. The molecule has 1 unspecified atom stereocenters. The third-order valence-corrected chi connectivity index (χ3v) is 8.37. The molecule has 3 heterocycles. The van der Waals surface area contributed by atoms with Gasteiger partial charge in [0, 0.05) is 36.7 Å². The quantitative estimate of drug-likeness (QED) is 0.255. The van der Waals surface area contributed by atoms with Gasteiger partial charge in [0.2, 0.25) is 0 Å². The summed E-state index contributed by atoms with van der Waals surface area (Å²) in [5, 5.41) is 22.1. The lowest BCUT2D eigenvalue weighted by Gasteiger charge is -2.38. The van der Waals surface area contributed by atoms with Gasteiger partial charge in [0.25, 0.3) is 5.91 Å². The third kappa shape index (κ3) is 6.39. The third-order valence-electron chi connectivity index (χ3n) is 8.37. The lowest BCUT2D eigenvalue weighted by Crippen LogP contribution is -2.42. The molecule has 3 aliphatic heterocycles. The molecule has 0 bridgehead atoms. The molecule has 3 aliphatic rings. The zero-order valence-electron chi connectivity index (χ0n) is 23.6. The van der Waals surface area contributed by atoms with E-state index in [2.05, 4.69) is 15.0 Å². The van der Waals surface area contributed by atoms with E-state index >= 15 is 0 Å². The van der Waals surface area contributed by atoms with Crippen LogP contribution in [0.5, 0.6) is 0 Å². The number of carbonyl (C=O) groups excluding carboxylic acids is 3. The van der Waals surface area contributed by atoms with E-state index in [4.69, 9.17) is 9.47 Å². The average Bonchev–Trinajstić information content (AvgIpc) is 3.61. The van der Waals surface area contributed by atoms with E-state index in [-0.39, 0.29) is 60.6 Å². The SMILES string of the molecule is O=C(NCc1ccc(C2O[C@H](CN3CCC[C@H]3CO)C[C@H](c3ccc(CO)cc3)O2)cc1)c1ccc2c(c1)C(=O)OC2=O. The monoisotopic (exact) mass is 586 g/mol. The number of hydrogen-bond donors (Lipinski definition) is 3. The fourth-order valence-electron chi connectivity index (χ4n) is 5.94. The van der Waals surface area contributed by atoms with E-state index in [9.17, 15) is 24.6 Å². The zero-order chi connectivity index (χ0) is 29.9. The molecule has 224 valence electrons. The fraction of sp³-hybridized carbons (Fsp3) is 0.364. The normalized spacial score (nSPS) is 23.7. The molecule has 3 N–H and O–H groups in total. The van der Waals surface area contributed by atoms with Crippen molar-refractivity contribution < 1.29 is 38.8 Å². The van der Waals surface area contributed by atoms with Crippen molar-refractivity contribution in [3.05, 3.63) is 106 Å². The Hall–Kier alpha value is -3.93. The van der Waals surface area contributed by atoms with Crippen LogP contribution in [-0.4, -0.2) is 64.8 Å². The molecule has 4 atom stereocenters. The molecule has 0 saturated carbocycles. The number of aliphatic hydroxyl groups excluding tert-OH is 2. The van der Waals surface area contributed by atoms with Crippen LogP contribution in [0.25, 0.3) is 0 Å². The number of esters is 2. The minimum Gasteiger partial charge on any atom is -0.395 e. The van der Waals surface area contributed by atoms with Gasteiger partial charge in [-0.05, 0) is 54.3 Å². The number of amides is 1. The smallest absolute Gasteiger partial charge is 0.346 e. The lowest BCUT2D eigenvalue weighted by molar-refractivity contribution is -0.253. The number of carbonyl (C=O) groups is 3. The highest BCUT2D eigenvalue weighted by Crippen LogP contribution is 2.38. The number of fused-ring (bicyclic) bond motifs is 1. The molecule has 2 fully saturated rings. The number of hydrogen-bond acceptors (Lipinski definition) is 9. The van der Waals surface area contributed by atoms with Gasteiger partial charge in [0.05, 0.1) is 36.5 Å². The van der Waals surface area contributed by atoms with Crippen molar-refractivity contribution in [3.63, 3.8) is 0 Å². The second kappa shape index (κ2) is 12.7. The molecule has 3 aromatic rings. The summed E-state index contributed by atoms with van der Waals surface area (Å²) in [5.74, 6) is -1.84. The van der Waals surface area contributed by atoms with Gasteiger partial charge in [-0.1, -0.05) is 48.5 Å². The van der Waals surface area contributed by atoms with Gasteiger partial charge in [-0.3, -0.25) is 9.69 Å². The molecular formula is C33H34N2O8. The van der Waals surface area contributed by atoms with Gasteiger partial charge in [-0.25, -0.2) is 9.59 Å². The highest BCUT2D eigenvalue weighted by molar-refractivity contribution is 6.15. The molecular weight excluding hydrogens is 552 g/mol. The predicted octanol–water partition coefficient (Wildman–Crippen LogP) is 3.42. The average molecular weight is 587 g/mol. The van der Waals surface area contributed by atoms with Crippen LogP contribution >= 0.6 is 0 Å². The van der Waals surface area contributed by atoms with E-state index in [0.717, 1.165) is 41.6 Å². The van der Waals surface area contributed by atoms with Crippen molar-refractivity contribution >= 4 is 17.8 Å². The first kappa shape index (κ1) is 29.2. The van der Waals surface area contributed by atoms with Gasteiger partial charge in [0.15, 0.2) is 6.29 Å². The summed E-state index contributed by atoms with van der Waals surface area (Å²) in [6.45, 7) is 2.00. The molecule has 10 heteroatoms. The van der Waals surface area contributed by atoms with Crippen LogP contribution in [0.2, 0.25) is 0 Å². The Bertz CT molecular complexity index is 1490. The van der Waals surface area contributed by atoms with Gasteiger partial charge in [-0.15, -0.1) is 0 Å². The number of cyclic esters (lactones) is 2. The molecule has 2 saturated heterocycles. The Morgan fingerprint density at radius 2 is 1.60 bits per heavy atom. The van der Waals surface area contributed by atoms with Gasteiger partial charge in [-0.2, -0.15) is 0 Å². The predicted molar refractivity (Wildman–Crippen MR) is 154 cm³/mol. The lowest BCUT2D eigenvalue weighted by atomic mass is 9.99. The molecule has 10 nitrogen and oxygen atoms in total. The van der Waals surface area contributed by atoms with E-state index in [1.807, 2.05) is 48.5 Å². The van der Waals surface area contributed by atoms with Crippen LogP contribution in [0, 0.1) is 0 Å². The number of nitrogens with one attached hydrogen (secondary N) is 1. The van der Waals surface area contributed by atoms with Crippen molar-refractivity contribution in [2.75, 3.05) is 19.7 Å². The Morgan fingerprint density at radius 1 is 0.884 bits per heavy atom. The Kier molecular flexibility index (Phi) is 8.64. The Labute approximate surface area is 249 Å². The number of rotatable bonds is 9. The minimum atomic E-state index is -0.752. The van der Waals surface area contributed by atoms with Crippen LogP contribution in [0.15, 0.2) is 66.7 Å². The Morgan fingerprint density at radius 3 is 2.35 bits per heavy atom. The number of ether oxygens (including phenoxy) is 3. The standard InChI is InChI=1S/C33H34N2O8/c36-18-21-5-7-22(8-6-21)29-15-26(17-35-13-1-2-25(35)19-37)41-33(42-29)23-9-3-20(4-10-23)16-34-30(38)24-11-12-27-28(14-24)32(40)43-31(27)39/h3-12,14,25-26,29,33,36-37H,1-2,13,15-19H2,(H,34,38)/t25-,26-,29+,33?/m0/s1. The minimum absolute atomic E-state index is 0.0204. The summed E-state index contributed by atoms with van der Waals surface area (Å²) in [6.07, 6.45) is 1.79. The topological polar surface area (TPSA) is 135 Å². The van der Waals surface area contributed by atoms with Crippen LogP contribution in [-0.2, 0) is 27.4 Å². The van der Waals surface area contributed by atoms with Crippen LogP contribution < -0.4 is 5.32 Å². The van der Waals surface area contributed by atoms with Crippen LogP contribution in [0.3, 0.4) is 0 Å². The van der Waals surface area contributed by atoms with E-state index in [1.165, 1.54) is 18.2 Å². The second-order valence-electron chi connectivity index (χ2n) is 11.2. The van der Waals surface area contributed by atoms with Crippen molar-refractivity contribution in [3.8, 4) is 0 Å². The van der Waals surface area contributed by atoms with E-state index < -0.39 is 18.2 Å². The molecule has 0 spiro atoms. The van der Waals surface area contributed by atoms with Gasteiger partial charge in [0.1, 0.15) is 0 Å². The summed E-state index contributed by atoms with van der Waals surface area (Å²) in [7, 11) is 0. The van der Waals surface area contributed by atoms with Crippen molar-refractivity contribution in [2.45, 2.75) is 57.0 Å². The first-order chi connectivity index (χ1) is 20.9. The van der Waals surface area contributed by atoms with Gasteiger partial charge < -0.3 is 29.7 Å². The van der Waals surface area contributed by atoms with Crippen LogP contribution in [0.1, 0.15) is 85.0 Å². The van der Waals surface area contributed by atoms with Crippen molar-refractivity contribution in [1.29, 1.82) is 0 Å². The second-order valence-corrected chi connectivity index (χ2v) is 11.2. The van der Waals surface area contributed by atoms with Crippen molar-refractivity contribution in [1.82, 2.24) is 10.2 Å². The summed E-state index contributed by atoms with van der Waals surface area (Å²) in [5.41, 5.74) is 4.06. The molecule has 1 amide bonds. The number of nitrogens with zero attached hydrogens (tertiary/aromatic N) is 1. The first-order valence-corrected chi connectivity index (χ1v) is 14.5. The van der Waals surface area contributed by atoms with Crippen molar-refractivity contribution in [2.24, 2.45) is 0 Å². The molecule has 43 heavy (non-hydrogen) atoms. The largest absolute Gasteiger partial charge is 0.395 e. The molecule has 0 radical (unpaired) electrons. The zero-order valence-corrected chi connectivity index (χ0v) is 23.6. The number of benzene rings is 3. The molecule has 3 aromatic carbocycles. The summed E-state index contributed by atoms with van der Waals surface area (Å²) in [6, 6.07) is 19.8. The summed E-state index contributed by atoms with van der Waals surface area (Å²) >= 11 is 0. The van der Waals surface area contributed by atoms with Gasteiger partial charge >= 0.3 is 11.9 Å². The highest BCUT2D eigenvalue weighted by atomic mass is 16.7. The molecule has 0 aliphatic carbocycles. The highest BCUT2D eigenvalue weighted by Gasteiger charge is 2.35. The maximum Gasteiger partial charge on any atom is 0.346 e.